The molecule has 3 atom stereocenters. The van der Waals surface area contributed by atoms with Crippen LogP contribution in [-0.2, 0) is 27.2 Å². The van der Waals surface area contributed by atoms with Crippen LogP contribution in [0.25, 0.3) is 11.3 Å². The molecule has 4 N–H and O–H groups in total. The van der Waals surface area contributed by atoms with Crippen molar-refractivity contribution in [3.05, 3.63) is 47.5 Å². The van der Waals surface area contributed by atoms with Crippen LogP contribution in [0.5, 0.6) is 17.2 Å². The van der Waals surface area contributed by atoms with Gasteiger partial charge in [-0.3, -0.25) is 4.79 Å². The highest BCUT2D eigenvalue weighted by Gasteiger charge is 2.42. The summed E-state index contributed by atoms with van der Waals surface area (Å²) in [6, 6.07) is 12.2. The first-order chi connectivity index (χ1) is 24.0. The van der Waals surface area contributed by atoms with Crippen LogP contribution in [0.2, 0.25) is 0 Å². The molecule has 0 spiro atoms. The molecule has 3 aliphatic rings. The molecule has 2 fully saturated rings. The Hall–Kier alpha value is -4.14. The number of thioether (sulfide) groups is 1. The molecule has 6 rings (SSSR count). The van der Waals surface area contributed by atoms with Crippen LogP contribution >= 0.6 is 11.8 Å². The zero-order valence-corrected chi connectivity index (χ0v) is 29.2. The summed E-state index contributed by atoms with van der Waals surface area (Å²) in [7, 11) is 4.93. The van der Waals surface area contributed by atoms with E-state index in [2.05, 4.69) is 21.3 Å². The number of fused-ring (bicyclic) bond motifs is 4. The minimum absolute atomic E-state index is 0.0392. The lowest BCUT2D eigenvalue weighted by Crippen LogP contribution is -2.36. The van der Waals surface area contributed by atoms with Crippen molar-refractivity contribution in [2.75, 3.05) is 65.4 Å². The quantitative estimate of drug-likeness (QED) is 0.0836. The van der Waals surface area contributed by atoms with Crippen LogP contribution in [0.3, 0.4) is 0 Å². The van der Waals surface area contributed by atoms with E-state index in [1.165, 1.54) is 0 Å². The van der Waals surface area contributed by atoms with E-state index >= 15 is 0 Å². The van der Waals surface area contributed by atoms with Crippen molar-refractivity contribution >= 4 is 35.2 Å². The number of urea groups is 1. The second kappa shape index (κ2) is 16.5. The van der Waals surface area contributed by atoms with Crippen molar-refractivity contribution < 1.29 is 33.3 Å². The number of rotatable bonds is 19. The average molecular weight is 695 g/mol. The van der Waals surface area contributed by atoms with E-state index in [0.717, 1.165) is 64.7 Å². The van der Waals surface area contributed by atoms with Crippen molar-refractivity contribution in [3.63, 3.8) is 0 Å². The number of aromatic nitrogens is 2. The molecule has 0 bridgehead atoms. The summed E-state index contributed by atoms with van der Waals surface area (Å²) in [6.45, 7) is 2.76. The van der Waals surface area contributed by atoms with Crippen molar-refractivity contribution in [2.45, 2.75) is 56.0 Å². The normalized spacial score (nSPS) is 18.7. The number of hydrogen-bond acceptors (Lipinski definition) is 10. The lowest BCUT2D eigenvalue weighted by Gasteiger charge is -2.16. The van der Waals surface area contributed by atoms with Crippen LogP contribution in [0, 0.1) is 0 Å². The molecule has 1 aromatic heterocycles. The monoisotopic (exact) mass is 694 g/mol. The maximum absolute atomic E-state index is 12.2. The van der Waals surface area contributed by atoms with E-state index < -0.39 is 0 Å². The molecule has 0 radical (unpaired) electrons. The van der Waals surface area contributed by atoms with Gasteiger partial charge >= 0.3 is 6.03 Å². The van der Waals surface area contributed by atoms with Gasteiger partial charge in [-0.05, 0) is 42.7 Å². The third kappa shape index (κ3) is 8.36. The van der Waals surface area contributed by atoms with Crippen LogP contribution in [-0.4, -0.2) is 99.1 Å². The highest BCUT2D eigenvalue weighted by molar-refractivity contribution is 8.00. The van der Waals surface area contributed by atoms with Crippen molar-refractivity contribution in [2.24, 2.45) is 0 Å². The van der Waals surface area contributed by atoms with E-state index in [9.17, 15) is 9.59 Å². The molecule has 3 aromatic rings. The molecule has 3 amide bonds. The first-order valence-corrected chi connectivity index (χ1v) is 17.9. The van der Waals surface area contributed by atoms with Gasteiger partial charge in [0.05, 0.1) is 72.1 Å². The highest BCUT2D eigenvalue weighted by Crippen LogP contribution is 2.45. The smallest absolute Gasteiger partial charge is 0.315 e. The fourth-order valence-electron chi connectivity index (χ4n) is 6.60. The van der Waals surface area contributed by atoms with E-state index in [-0.39, 0.29) is 24.0 Å². The molecule has 2 saturated heterocycles. The van der Waals surface area contributed by atoms with Gasteiger partial charge in [-0.25, -0.2) is 9.48 Å². The number of amides is 3. The van der Waals surface area contributed by atoms with Crippen molar-refractivity contribution in [1.29, 1.82) is 0 Å². The second-order valence-electron chi connectivity index (χ2n) is 12.2. The minimum atomic E-state index is -0.0612. The fourth-order valence-corrected chi connectivity index (χ4v) is 8.14. The molecular weight excluding hydrogens is 648 g/mol. The van der Waals surface area contributed by atoms with Crippen LogP contribution in [0.4, 0.5) is 16.3 Å². The molecule has 49 heavy (non-hydrogen) atoms. The third-order valence-electron chi connectivity index (χ3n) is 9.08. The van der Waals surface area contributed by atoms with Gasteiger partial charge in [0.25, 0.3) is 0 Å². The number of anilines is 2. The van der Waals surface area contributed by atoms with Crippen molar-refractivity contribution in [3.8, 4) is 28.5 Å². The Labute approximate surface area is 291 Å². The Morgan fingerprint density at radius 2 is 1.82 bits per heavy atom. The molecule has 1 aliphatic carbocycles. The van der Waals surface area contributed by atoms with Crippen LogP contribution in [0.1, 0.15) is 36.8 Å². The van der Waals surface area contributed by atoms with Gasteiger partial charge in [0, 0.05) is 53.3 Å². The number of unbranched alkanes of at least 4 members (excludes halogenated alkanes) is 1. The largest absolute Gasteiger partial charge is 0.497 e. The molecule has 3 unspecified atom stereocenters. The molecule has 13 nitrogen and oxygen atoms in total. The predicted octanol–water partition coefficient (Wildman–Crippen LogP) is 4.10. The molecule has 2 aromatic carbocycles. The van der Waals surface area contributed by atoms with Crippen LogP contribution in [0.15, 0.2) is 36.4 Å². The zero-order chi connectivity index (χ0) is 34.2. The Balaban J connectivity index is 0.912. The summed E-state index contributed by atoms with van der Waals surface area (Å²) in [5, 5.41) is 17.9. The van der Waals surface area contributed by atoms with Gasteiger partial charge in [0.15, 0.2) is 11.5 Å². The van der Waals surface area contributed by atoms with Gasteiger partial charge in [0.2, 0.25) is 5.91 Å². The van der Waals surface area contributed by atoms with Gasteiger partial charge in [-0.15, -0.1) is 0 Å². The highest BCUT2D eigenvalue weighted by atomic mass is 32.2. The number of carbonyl (C=O) groups is 2. The zero-order valence-electron chi connectivity index (χ0n) is 28.3. The molecule has 0 saturated carbocycles. The SMILES string of the molecule is COc1cccc(Nc2c3c(nn2CCOCCOCCNC(=O)CCCCC2SCC4NC(=O)NC42)-c2cc(OC)c(OC)cc2C3)c1. The summed E-state index contributed by atoms with van der Waals surface area (Å²) in [6.07, 6.45) is 4.02. The summed E-state index contributed by atoms with van der Waals surface area (Å²) in [5.74, 6) is 4.03. The molecule has 2 aliphatic heterocycles. The number of hydrogen-bond donors (Lipinski definition) is 4. The summed E-state index contributed by atoms with van der Waals surface area (Å²) >= 11 is 1.90. The Kier molecular flexibility index (Phi) is 11.7. The molecule has 14 heteroatoms. The standard InChI is InChI=1S/C35H46N6O7S/c1-44-24-8-6-7-23(19-24)37-34-26-17-22-18-28(45-2)29(46-3)20-25(22)32(26)40-41(34)12-14-48-16-15-47-13-11-36-31(42)10-5-4-9-30-33-27(21-49-30)38-35(43)39-33/h6-8,18-20,27,30,33,37H,4-5,9-17,21H2,1-3H3,(H,36,42)(H2,38,39,43). The van der Waals surface area contributed by atoms with E-state index in [1.807, 2.05) is 52.8 Å². The van der Waals surface area contributed by atoms with Gasteiger partial charge in [0.1, 0.15) is 11.6 Å². The van der Waals surface area contributed by atoms with Gasteiger partial charge in [-0.2, -0.15) is 16.9 Å². The van der Waals surface area contributed by atoms with Crippen LogP contribution < -0.4 is 35.5 Å². The Morgan fingerprint density at radius 3 is 2.63 bits per heavy atom. The van der Waals surface area contributed by atoms with Gasteiger partial charge < -0.3 is 45.0 Å². The van der Waals surface area contributed by atoms with E-state index in [1.54, 1.807) is 21.3 Å². The first-order valence-electron chi connectivity index (χ1n) is 16.8. The number of methoxy groups -OCH3 is 3. The molecular formula is C35H46N6O7S. The first kappa shape index (κ1) is 34.7. The Bertz CT molecular complexity index is 1620. The third-order valence-corrected chi connectivity index (χ3v) is 10.6. The number of nitrogens with zero attached hydrogens (tertiary/aromatic N) is 2. The average Bonchev–Trinajstić information content (AvgIpc) is 3.85. The summed E-state index contributed by atoms with van der Waals surface area (Å²) < 4.78 is 30.1. The van der Waals surface area contributed by atoms with E-state index in [0.29, 0.717) is 69.1 Å². The van der Waals surface area contributed by atoms with Crippen molar-refractivity contribution in [1.82, 2.24) is 25.7 Å². The summed E-state index contributed by atoms with van der Waals surface area (Å²) in [4.78, 5) is 23.8. The second-order valence-corrected chi connectivity index (χ2v) is 13.5. The maximum atomic E-state index is 12.2. The lowest BCUT2D eigenvalue weighted by molar-refractivity contribution is -0.121. The topological polar surface area (TPSA) is 146 Å². The summed E-state index contributed by atoms with van der Waals surface area (Å²) in [5.41, 5.74) is 5.07. The number of nitrogens with one attached hydrogen (secondary N) is 4. The molecule has 3 heterocycles. The lowest BCUT2D eigenvalue weighted by atomic mass is 10.0. The Morgan fingerprint density at radius 1 is 1.00 bits per heavy atom. The van der Waals surface area contributed by atoms with E-state index in [4.69, 9.17) is 28.8 Å². The maximum Gasteiger partial charge on any atom is 0.315 e. The minimum Gasteiger partial charge on any atom is -0.497 e. The molecule has 264 valence electrons. The number of carbonyl (C=O) groups excluding carboxylic acids is 2. The predicted molar refractivity (Wildman–Crippen MR) is 188 cm³/mol. The fraction of sp³-hybridized carbons (Fsp3) is 0.514. The number of benzene rings is 2. The number of ether oxygens (including phenoxy) is 5. The van der Waals surface area contributed by atoms with Gasteiger partial charge in [-0.1, -0.05) is 12.5 Å².